The summed E-state index contributed by atoms with van der Waals surface area (Å²) >= 11 is 4.39. The lowest BCUT2D eigenvalue weighted by Crippen LogP contribution is -2.13. The number of carbonyl (C=O) groups excluding carboxylic acids is 1. The molecular weight excluding hydrogens is 438 g/mol. The molecule has 1 unspecified atom stereocenters. The monoisotopic (exact) mass is 455 g/mol. The van der Waals surface area contributed by atoms with E-state index in [-0.39, 0.29) is 17.8 Å². The molecule has 0 radical (unpaired) electrons. The number of hydrogen-bond donors (Lipinski definition) is 1. The van der Waals surface area contributed by atoms with Crippen molar-refractivity contribution in [1.82, 2.24) is 20.2 Å². The zero-order valence-electron chi connectivity index (χ0n) is 15.8. The zero-order chi connectivity index (χ0) is 20.3. The summed E-state index contributed by atoms with van der Waals surface area (Å²) in [6.45, 7) is 0.755. The average Bonchev–Trinajstić information content (AvgIpc) is 3.52. The van der Waals surface area contributed by atoms with Crippen molar-refractivity contribution in [3.63, 3.8) is 0 Å². The average molecular weight is 456 g/mol. The molecule has 0 saturated carbocycles. The minimum atomic E-state index is -0.139. The molecule has 1 fully saturated rings. The topological polar surface area (TPSA) is 89.9 Å². The first kappa shape index (κ1) is 19.6. The van der Waals surface area contributed by atoms with Crippen LogP contribution in [0, 0.1) is 0 Å². The van der Waals surface area contributed by atoms with Gasteiger partial charge in [-0.3, -0.25) is 10.1 Å². The first-order valence-electron chi connectivity index (χ1n) is 9.44. The highest BCUT2D eigenvalue weighted by atomic mass is 32.2. The lowest BCUT2D eigenvalue weighted by atomic mass is 10.2. The normalized spacial score (nSPS) is 16.2. The van der Waals surface area contributed by atoms with E-state index in [1.807, 2.05) is 18.2 Å². The number of aromatic nitrogens is 4. The molecule has 1 N–H and O–H groups in total. The van der Waals surface area contributed by atoms with Crippen LogP contribution in [0.2, 0.25) is 0 Å². The quantitative estimate of drug-likeness (QED) is 0.330. The summed E-state index contributed by atoms with van der Waals surface area (Å²) in [6, 6.07) is 12.3. The van der Waals surface area contributed by atoms with Gasteiger partial charge in [-0.2, -0.15) is 0 Å². The van der Waals surface area contributed by atoms with E-state index in [1.54, 1.807) is 17.7 Å². The highest BCUT2D eigenvalue weighted by Crippen LogP contribution is 2.36. The molecule has 4 aromatic rings. The van der Waals surface area contributed by atoms with Gasteiger partial charge in [0.25, 0.3) is 0 Å². The van der Waals surface area contributed by atoms with Crippen molar-refractivity contribution in [2.24, 2.45) is 0 Å². The summed E-state index contributed by atoms with van der Waals surface area (Å²) in [6.07, 6.45) is 3.54. The number of nitrogens with zero attached hydrogens (tertiary/aromatic N) is 4. The van der Waals surface area contributed by atoms with Crippen molar-refractivity contribution >= 4 is 55.7 Å². The number of thiophene rings is 1. The van der Waals surface area contributed by atoms with E-state index < -0.39 is 0 Å². The molecule has 0 aliphatic carbocycles. The van der Waals surface area contributed by atoms with E-state index in [2.05, 4.69) is 43.7 Å². The van der Waals surface area contributed by atoms with Gasteiger partial charge in [0.15, 0.2) is 0 Å². The SMILES string of the molecule is O=C(CSc1ncnc2sc(-c3ccccc3)cc12)Nc1nnc(C2CCCO2)s1. The fourth-order valence-electron chi connectivity index (χ4n) is 3.17. The van der Waals surface area contributed by atoms with E-state index in [4.69, 9.17) is 4.74 Å². The number of nitrogens with one attached hydrogen (secondary N) is 1. The molecule has 1 aliphatic rings. The summed E-state index contributed by atoms with van der Waals surface area (Å²) in [5.41, 5.74) is 1.15. The van der Waals surface area contributed by atoms with Crippen molar-refractivity contribution in [3.05, 3.63) is 47.7 Å². The fourth-order valence-corrected chi connectivity index (χ4v) is 5.86. The van der Waals surface area contributed by atoms with Crippen LogP contribution in [0.15, 0.2) is 47.8 Å². The van der Waals surface area contributed by atoms with Gasteiger partial charge in [0.2, 0.25) is 11.0 Å². The maximum absolute atomic E-state index is 12.4. The highest BCUT2D eigenvalue weighted by Gasteiger charge is 2.22. The number of thioether (sulfide) groups is 1. The van der Waals surface area contributed by atoms with Crippen LogP contribution in [0.1, 0.15) is 24.0 Å². The number of carbonyl (C=O) groups is 1. The molecule has 0 spiro atoms. The Morgan fingerprint density at radius 2 is 2.10 bits per heavy atom. The molecule has 4 heterocycles. The number of amides is 1. The Balaban J connectivity index is 1.26. The van der Waals surface area contributed by atoms with Gasteiger partial charge < -0.3 is 4.74 Å². The molecule has 152 valence electrons. The van der Waals surface area contributed by atoms with Crippen LogP contribution in [-0.4, -0.2) is 38.4 Å². The van der Waals surface area contributed by atoms with Crippen LogP contribution in [0.4, 0.5) is 5.13 Å². The van der Waals surface area contributed by atoms with Crippen LogP contribution in [0.3, 0.4) is 0 Å². The third-order valence-corrected chi connectivity index (χ3v) is 7.61. The zero-order valence-corrected chi connectivity index (χ0v) is 18.2. The Kier molecular flexibility index (Phi) is 5.71. The molecule has 1 amide bonds. The van der Waals surface area contributed by atoms with Crippen LogP contribution in [-0.2, 0) is 9.53 Å². The summed E-state index contributed by atoms with van der Waals surface area (Å²) in [5.74, 6) is 0.0950. The van der Waals surface area contributed by atoms with E-state index in [9.17, 15) is 4.79 Å². The second-order valence-corrected chi connectivity index (χ2v) is 9.66. The van der Waals surface area contributed by atoms with Gasteiger partial charge in [-0.25, -0.2) is 9.97 Å². The second kappa shape index (κ2) is 8.76. The van der Waals surface area contributed by atoms with Crippen molar-refractivity contribution < 1.29 is 9.53 Å². The predicted molar refractivity (Wildman–Crippen MR) is 120 cm³/mol. The number of rotatable bonds is 6. The number of fused-ring (bicyclic) bond motifs is 1. The van der Waals surface area contributed by atoms with Gasteiger partial charge in [0, 0.05) is 16.9 Å². The number of anilines is 1. The molecule has 1 atom stereocenters. The van der Waals surface area contributed by atoms with Gasteiger partial charge in [-0.1, -0.05) is 53.4 Å². The summed E-state index contributed by atoms with van der Waals surface area (Å²) in [4.78, 5) is 23.2. The van der Waals surface area contributed by atoms with Crippen LogP contribution >= 0.6 is 34.4 Å². The van der Waals surface area contributed by atoms with Gasteiger partial charge in [-0.05, 0) is 24.5 Å². The maximum atomic E-state index is 12.4. The van der Waals surface area contributed by atoms with Gasteiger partial charge in [0.1, 0.15) is 27.3 Å². The van der Waals surface area contributed by atoms with Crippen LogP contribution < -0.4 is 5.32 Å². The third kappa shape index (κ3) is 4.22. The summed E-state index contributed by atoms with van der Waals surface area (Å²) < 4.78 is 5.62. The van der Waals surface area contributed by atoms with Gasteiger partial charge in [0.05, 0.1) is 5.75 Å². The summed E-state index contributed by atoms with van der Waals surface area (Å²) in [5, 5.41) is 14.1. The number of ether oxygens (including phenoxy) is 1. The van der Waals surface area contributed by atoms with Crippen molar-refractivity contribution in [3.8, 4) is 10.4 Å². The van der Waals surface area contributed by atoms with Crippen LogP contribution in [0.5, 0.6) is 0 Å². The fraction of sp³-hybridized carbons (Fsp3) is 0.250. The predicted octanol–water partition coefficient (Wildman–Crippen LogP) is 4.79. The second-order valence-electron chi connectivity index (χ2n) is 6.66. The standard InChI is InChI=1S/C20H17N5O2S3/c26-16(23-20-25-24-19(30-20)14-7-4-8-27-14)10-28-17-13-9-15(12-5-2-1-3-6-12)29-18(13)22-11-21-17/h1-3,5-6,9,11,14H,4,7-8,10H2,(H,23,25,26). The third-order valence-electron chi connectivity index (χ3n) is 4.58. The Morgan fingerprint density at radius 1 is 1.20 bits per heavy atom. The lowest BCUT2D eigenvalue weighted by molar-refractivity contribution is -0.113. The Hall–Kier alpha value is -2.40. The van der Waals surface area contributed by atoms with Gasteiger partial charge >= 0.3 is 0 Å². The van der Waals surface area contributed by atoms with E-state index in [0.717, 1.165) is 50.1 Å². The molecule has 5 rings (SSSR count). The lowest BCUT2D eigenvalue weighted by Gasteiger charge is -2.03. The number of benzene rings is 1. The molecule has 7 nitrogen and oxygen atoms in total. The first-order valence-corrected chi connectivity index (χ1v) is 12.1. The Morgan fingerprint density at radius 3 is 2.93 bits per heavy atom. The molecule has 10 heteroatoms. The molecule has 0 bridgehead atoms. The molecular formula is C20H17N5O2S3. The summed E-state index contributed by atoms with van der Waals surface area (Å²) in [7, 11) is 0. The van der Waals surface area contributed by atoms with E-state index >= 15 is 0 Å². The molecule has 1 aliphatic heterocycles. The smallest absolute Gasteiger partial charge is 0.236 e. The number of hydrogen-bond acceptors (Lipinski definition) is 9. The van der Waals surface area contributed by atoms with Crippen LogP contribution in [0.25, 0.3) is 20.7 Å². The largest absolute Gasteiger partial charge is 0.371 e. The highest BCUT2D eigenvalue weighted by molar-refractivity contribution is 8.00. The minimum absolute atomic E-state index is 0.00855. The van der Waals surface area contributed by atoms with E-state index in [0.29, 0.717) is 5.13 Å². The van der Waals surface area contributed by atoms with Crippen molar-refractivity contribution in [2.45, 2.75) is 24.0 Å². The van der Waals surface area contributed by atoms with Crippen molar-refractivity contribution in [1.29, 1.82) is 0 Å². The first-order chi connectivity index (χ1) is 14.8. The Bertz CT molecular complexity index is 1170. The van der Waals surface area contributed by atoms with Crippen molar-refractivity contribution in [2.75, 3.05) is 17.7 Å². The van der Waals surface area contributed by atoms with E-state index in [1.165, 1.54) is 23.1 Å². The minimum Gasteiger partial charge on any atom is -0.371 e. The van der Waals surface area contributed by atoms with Gasteiger partial charge in [-0.15, -0.1) is 21.5 Å². The Labute approximate surface area is 184 Å². The molecule has 3 aromatic heterocycles. The molecule has 1 saturated heterocycles. The molecule has 1 aromatic carbocycles. The maximum Gasteiger partial charge on any atom is 0.236 e. The molecule has 30 heavy (non-hydrogen) atoms.